The Kier molecular flexibility index (Phi) is 3.63. The molecule has 2 aromatic rings. The lowest BCUT2D eigenvalue weighted by atomic mass is 10.2. The number of nitrogen functional groups attached to an aromatic ring is 2. The summed E-state index contributed by atoms with van der Waals surface area (Å²) in [7, 11) is 0. The molecule has 0 atom stereocenters. The van der Waals surface area contributed by atoms with Gasteiger partial charge in [-0.25, -0.2) is 14.4 Å². The van der Waals surface area contributed by atoms with Crippen molar-refractivity contribution in [2.24, 2.45) is 5.73 Å². The molecule has 7 heteroatoms. The van der Waals surface area contributed by atoms with E-state index in [1.54, 1.807) is 12.1 Å². The van der Waals surface area contributed by atoms with E-state index in [9.17, 15) is 4.39 Å². The smallest absolute Gasteiger partial charge is 0.196 e. The van der Waals surface area contributed by atoms with Gasteiger partial charge in [0.05, 0.1) is 0 Å². The highest BCUT2D eigenvalue weighted by Gasteiger charge is 2.10. The van der Waals surface area contributed by atoms with Gasteiger partial charge in [0.25, 0.3) is 0 Å². The first-order valence-electron chi connectivity index (χ1n) is 5.15. The van der Waals surface area contributed by atoms with Crippen molar-refractivity contribution in [2.45, 2.75) is 16.6 Å². The van der Waals surface area contributed by atoms with Crippen LogP contribution >= 0.6 is 11.8 Å². The van der Waals surface area contributed by atoms with Gasteiger partial charge in [-0.1, -0.05) is 6.07 Å². The first-order valence-corrected chi connectivity index (χ1v) is 5.97. The summed E-state index contributed by atoms with van der Waals surface area (Å²) in [6, 6.07) is 6.17. The van der Waals surface area contributed by atoms with Crippen LogP contribution in [-0.2, 0) is 6.54 Å². The van der Waals surface area contributed by atoms with Crippen LogP contribution in [0.3, 0.4) is 0 Å². The second-order valence-corrected chi connectivity index (χ2v) is 4.53. The number of hydrogen-bond donors (Lipinski definition) is 3. The van der Waals surface area contributed by atoms with Crippen LogP contribution in [0.15, 0.2) is 34.3 Å². The maximum atomic E-state index is 13.5. The molecule has 0 saturated heterocycles. The van der Waals surface area contributed by atoms with Crippen LogP contribution in [0, 0.1) is 5.82 Å². The molecule has 0 aliphatic heterocycles. The zero-order valence-corrected chi connectivity index (χ0v) is 10.2. The van der Waals surface area contributed by atoms with E-state index < -0.39 is 0 Å². The van der Waals surface area contributed by atoms with Gasteiger partial charge in [0.15, 0.2) is 5.16 Å². The average molecular weight is 265 g/mol. The average Bonchev–Trinajstić information content (AvgIpc) is 2.27. The van der Waals surface area contributed by atoms with Crippen molar-refractivity contribution in [3.63, 3.8) is 0 Å². The molecule has 94 valence electrons. The van der Waals surface area contributed by atoms with E-state index in [2.05, 4.69) is 9.97 Å². The minimum Gasteiger partial charge on any atom is -0.383 e. The number of halogens is 1. The van der Waals surface area contributed by atoms with E-state index in [-0.39, 0.29) is 24.0 Å². The summed E-state index contributed by atoms with van der Waals surface area (Å²) < 4.78 is 13.5. The van der Waals surface area contributed by atoms with Gasteiger partial charge in [0.1, 0.15) is 17.5 Å². The van der Waals surface area contributed by atoms with Crippen molar-refractivity contribution in [1.82, 2.24) is 9.97 Å². The van der Waals surface area contributed by atoms with Gasteiger partial charge in [-0.2, -0.15) is 0 Å². The normalized spacial score (nSPS) is 10.6. The molecule has 18 heavy (non-hydrogen) atoms. The van der Waals surface area contributed by atoms with Crippen LogP contribution < -0.4 is 17.2 Å². The van der Waals surface area contributed by atoms with E-state index in [1.165, 1.54) is 23.9 Å². The third kappa shape index (κ3) is 2.69. The lowest BCUT2D eigenvalue weighted by Gasteiger charge is -2.08. The Balaban J connectivity index is 2.36. The van der Waals surface area contributed by atoms with Crippen molar-refractivity contribution in [3.05, 3.63) is 35.6 Å². The molecule has 1 aromatic carbocycles. The zero-order chi connectivity index (χ0) is 13.1. The summed E-state index contributed by atoms with van der Waals surface area (Å²) in [4.78, 5) is 8.70. The molecule has 1 heterocycles. The van der Waals surface area contributed by atoms with Crippen molar-refractivity contribution in [2.75, 3.05) is 11.5 Å². The maximum absolute atomic E-state index is 13.5. The number of aromatic nitrogens is 2. The summed E-state index contributed by atoms with van der Waals surface area (Å²) in [5.74, 6) is 0.200. The van der Waals surface area contributed by atoms with E-state index in [0.29, 0.717) is 15.6 Å². The quantitative estimate of drug-likeness (QED) is 0.724. The Morgan fingerprint density at radius 1 is 1.17 bits per heavy atom. The van der Waals surface area contributed by atoms with E-state index in [4.69, 9.17) is 17.2 Å². The molecule has 0 amide bonds. The zero-order valence-electron chi connectivity index (χ0n) is 9.43. The predicted octanol–water partition coefficient (Wildman–Crippen LogP) is 1.39. The molecular formula is C11H12FN5S. The molecule has 0 radical (unpaired) electrons. The lowest BCUT2D eigenvalue weighted by molar-refractivity contribution is 0.604. The highest BCUT2D eigenvalue weighted by Crippen LogP contribution is 2.30. The minimum absolute atomic E-state index is 0.104. The number of anilines is 2. The molecule has 0 unspecified atom stereocenters. The molecule has 0 saturated carbocycles. The predicted molar refractivity (Wildman–Crippen MR) is 69.3 cm³/mol. The summed E-state index contributed by atoms with van der Waals surface area (Å²) in [5, 5.41) is 0.368. The Bertz CT molecular complexity index is 555. The van der Waals surface area contributed by atoms with Crippen molar-refractivity contribution in [1.29, 1.82) is 0 Å². The Morgan fingerprint density at radius 3 is 2.44 bits per heavy atom. The first kappa shape index (κ1) is 12.6. The third-order valence-corrected chi connectivity index (χ3v) is 3.19. The highest BCUT2D eigenvalue weighted by atomic mass is 32.2. The van der Waals surface area contributed by atoms with Gasteiger partial charge >= 0.3 is 0 Å². The molecule has 0 aliphatic carbocycles. The summed E-state index contributed by atoms with van der Waals surface area (Å²) in [5.41, 5.74) is 17.1. The molecular weight excluding hydrogens is 253 g/mol. The van der Waals surface area contributed by atoms with E-state index in [1.807, 2.05) is 0 Å². The van der Waals surface area contributed by atoms with Gasteiger partial charge in [0, 0.05) is 23.1 Å². The fourth-order valence-electron chi connectivity index (χ4n) is 1.44. The van der Waals surface area contributed by atoms with Gasteiger partial charge in [0.2, 0.25) is 0 Å². The first-order chi connectivity index (χ1) is 8.60. The van der Waals surface area contributed by atoms with Crippen molar-refractivity contribution < 1.29 is 4.39 Å². The van der Waals surface area contributed by atoms with Gasteiger partial charge in [-0.15, -0.1) is 0 Å². The second kappa shape index (κ2) is 5.19. The second-order valence-electron chi connectivity index (χ2n) is 3.52. The van der Waals surface area contributed by atoms with Crippen LogP contribution in [0.1, 0.15) is 5.56 Å². The number of rotatable bonds is 3. The fourth-order valence-corrected chi connectivity index (χ4v) is 2.39. The molecule has 0 fully saturated rings. The van der Waals surface area contributed by atoms with Gasteiger partial charge < -0.3 is 17.2 Å². The Morgan fingerprint density at radius 2 is 1.83 bits per heavy atom. The Hall–Kier alpha value is -1.86. The topological polar surface area (TPSA) is 104 Å². The molecule has 0 spiro atoms. The largest absolute Gasteiger partial charge is 0.383 e. The number of hydrogen-bond acceptors (Lipinski definition) is 6. The van der Waals surface area contributed by atoms with Gasteiger partial charge in [-0.05, 0) is 23.9 Å². The SMILES string of the molecule is NCc1c(F)cccc1Sc1nc(N)cc(N)n1. The molecule has 6 N–H and O–H groups in total. The van der Waals surface area contributed by atoms with Crippen LogP contribution in [0.25, 0.3) is 0 Å². The summed E-state index contributed by atoms with van der Waals surface area (Å²) in [6.07, 6.45) is 0. The standard InChI is InChI=1S/C11H12FN5S/c12-7-2-1-3-8(6(7)5-13)18-11-16-9(14)4-10(15)17-11/h1-4H,5,13H2,(H4,14,15,16,17). The summed E-state index contributed by atoms with van der Waals surface area (Å²) >= 11 is 1.18. The van der Waals surface area contributed by atoms with Crippen molar-refractivity contribution in [3.8, 4) is 0 Å². The van der Waals surface area contributed by atoms with Gasteiger partial charge in [-0.3, -0.25) is 0 Å². The van der Waals surface area contributed by atoms with E-state index >= 15 is 0 Å². The lowest BCUT2D eigenvalue weighted by Crippen LogP contribution is -2.03. The number of nitrogens with zero attached hydrogens (tertiary/aromatic N) is 2. The minimum atomic E-state index is -0.348. The van der Waals surface area contributed by atoms with Crippen LogP contribution in [0.2, 0.25) is 0 Å². The monoisotopic (exact) mass is 265 g/mol. The fraction of sp³-hybridized carbons (Fsp3) is 0.0909. The molecule has 5 nitrogen and oxygen atoms in total. The molecule has 0 bridgehead atoms. The summed E-state index contributed by atoms with van der Waals surface area (Å²) in [6.45, 7) is 0.104. The van der Waals surface area contributed by atoms with E-state index in [0.717, 1.165) is 0 Å². The number of benzene rings is 1. The Labute approximate surface area is 108 Å². The van der Waals surface area contributed by atoms with Crippen LogP contribution in [0.4, 0.5) is 16.0 Å². The molecule has 1 aromatic heterocycles. The number of nitrogens with two attached hydrogens (primary N) is 3. The molecule has 2 rings (SSSR count). The molecule has 0 aliphatic rings. The van der Waals surface area contributed by atoms with Crippen molar-refractivity contribution >= 4 is 23.4 Å². The third-order valence-electron chi connectivity index (χ3n) is 2.23. The van der Waals surface area contributed by atoms with Crippen LogP contribution in [0.5, 0.6) is 0 Å². The van der Waals surface area contributed by atoms with Crippen LogP contribution in [-0.4, -0.2) is 9.97 Å². The highest BCUT2D eigenvalue weighted by molar-refractivity contribution is 7.99. The maximum Gasteiger partial charge on any atom is 0.196 e.